The van der Waals surface area contributed by atoms with Crippen molar-refractivity contribution < 1.29 is 18.4 Å². The molecule has 3 aromatic rings. The van der Waals surface area contributed by atoms with Gasteiger partial charge >= 0.3 is 6.03 Å². The van der Waals surface area contributed by atoms with Crippen molar-refractivity contribution in [2.75, 3.05) is 16.8 Å². The van der Waals surface area contributed by atoms with Gasteiger partial charge in [0, 0.05) is 39.6 Å². The van der Waals surface area contributed by atoms with Gasteiger partial charge in [0.05, 0.1) is 6.04 Å². The molecular weight excluding hydrogens is 424 g/mol. The number of halogens is 3. The van der Waals surface area contributed by atoms with Gasteiger partial charge in [-0.2, -0.15) is 0 Å². The Morgan fingerprint density at radius 2 is 1.81 bits per heavy atom. The number of carbonyl (C=O) groups is 2. The van der Waals surface area contributed by atoms with E-state index in [-0.39, 0.29) is 5.91 Å². The second kappa shape index (κ2) is 8.35. The van der Waals surface area contributed by atoms with Gasteiger partial charge in [0.15, 0.2) is 0 Å². The molecule has 0 saturated heterocycles. The monoisotopic (exact) mass is 441 g/mol. The third kappa shape index (κ3) is 3.96. The summed E-state index contributed by atoms with van der Waals surface area (Å²) < 4.78 is 27.1. The Morgan fingerprint density at radius 1 is 1.10 bits per heavy atom. The minimum absolute atomic E-state index is 0.294. The van der Waals surface area contributed by atoms with E-state index in [0.29, 0.717) is 39.6 Å². The fourth-order valence-corrected chi connectivity index (χ4v) is 3.91. The lowest BCUT2D eigenvalue weighted by Gasteiger charge is -2.23. The molecule has 1 unspecified atom stereocenters. The Balaban J connectivity index is 1.71. The van der Waals surface area contributed by atoms with Crippen LogP contribution in [0.4, 0.5) is 25.0 Å². The molecule has 0 spiro atoms. The molecule has 31 heavy (non-hydrogen) atoms. The Kier molecular flexibility index (Phi) is 5.61. The highest BCUT2D eigenvalue weighted by Gasteiger charge is 2.34. The van der Waals surface area contributed by atoms with E-state index in [0.717, 1.165) is 0 Å². The summed E-state index contributed by atoms with van der Waals surface area (Å²) in [4.78, 5) is 27.0. The van der Waals surface area contributed by atoms with E-state index in [1.165, 1.54) is 47.4 Å². The third-order valence-corrected chi connectivity index (χ3v) is 5.47. The topological polar surface area (TPSA) is 61.4 Å². The predicted molar refractivity (Wildman–Crippen MR) is 116 cm³/mol. The summed E-state index contributed by atoms with van der Waals surface area (Å²) in [5.41, 5.74) is 2.18. The molecule has 0 radical (unpaired) electrons. The number of nitrogens with zero attached hydrogens (tertiary/aromatic N) is 1. The second-order valence-corrected chi connectivity index (χ2v) is 7.40. The first-order valence-electron chi connectivity index (χ1n) is 9.62. The summed E-state index contributed by atoms with van der Waals surface area (Å²) in [5.74, 6) is -1.24. The Bertz CT molecular complexity index is 1170. The smallest absolute Gasteiger partial charge is 0.326 e. The number of nitrogens with one attached hydrogen (secondary N) is 2. The number of anilines is 2. The summed E-state index contributed by atoms with van der Waals surface area (Å²) in [6, 6.07) is 13.3. The molecule has 1 aliphatic rings. The summed E-state index contributed by atoms with van der Waals surface area (Å²) in [5, 5.41) is 5.92. The highest BCUT2D eigenvalue weighted by Crippen LogP contribution is 2.39. The number of amides is 3. The normalized spacial score (nSPS) is 14.7. The molecule has 1 aliphatic heterocycles. The van der Waals surface area contributed by atoms with E-state index in [1.54, 1.807) is 25.1 Å². The van der Waals surface area contributed by atoms with Gasteiger partial charge in [-0.3, -0.25) is 9.69 Å². The second-order valence-electron chi connectivity index (χ2n) is 6.99. The number of hydrogen-bond acceptors (Lipinski definition) is 2. The molecule has 4 rings (SSSR count). The number of rotatable bonds is 4. The maximum atomic E-state index is 13.9. The lowest BCUT2D eigenvalue weighted by Crippen LogP contribution is -2.35. The van der Waals surface area contributed by atoms with Gasteiger partial charge in [0.1, 0.15) is 11.6 Å². The Hall–Kier alpha value is -3.45. The number of urea groups is 1. The zero-order chi connectivity index (χ0) is 22.1. The summed E-state index contributed by atoms with van der Waals surface area (Å²) in [6.07, 6.45) is 0. The molecule has 0 saturated carbocycles. The Labute approximate surface area is 182 Å². The highest BCUT2D eigenvalue weighted by molar-refractivity contribution is 6.31. The average molecular weight is 442 g/mol. The molecule has 0 aromatic heterocycles. The van der Waals surface area contributed by atoms with Crippen molar-refractivity contribution in [3.8, 4) is 0 Å². The molecule has 158 valence electrons. The molecule has 3 aromatic carbocycles. The van der Waals surface area contributed by atoms with Crippen molar-refractivity contribution in [2.45, 2.75) is 13.0 Å². The lowest BCUT2D eigenvalue weighted by molar-refractivity contribution is 0.0960. The van der Waals surface area contributed by atoms with Crippen LogP contribution in [0, 0.1) is 11.6 Å². The van der Waals surface area contributed by atoms with E-state index >= 15 is 0 Å². The van der Waals surface area contributed by atoms with Crippen LogP contribution in [0.5, 0.6) is 0 Å². The molecule has 8 heteroatoms. The quantitative estimate of drug-likeness (QED) is 0.560. The van der Waals surface area contributed by atoms with Crippen LogP contribution in [0.25, 0.3) is 0 Å². The number of carbonyl (C=O) groups excluding carboxylic acids is 2. The van der Waals surface area contributed by atoms with Crippen LogP contribution >= 0.6 is 11.6 Å². The van der Waals surface area contributed by atoms with Gasteiger partial charge in [0.25, 0.3) is 5.91 Å². The van der Waals surface area contributed by atoms with Crippen molar-refractivity contribution in [3.05, 3.63) is 94.0 Å². The molecule has 3 amide bonds. The van der Waals surface area contributed by atoms with E-state index in [4.69, 9.17) is 11.6 Å². The SMILES string of the molecule is CCN(C(=O)Nc1cccc2c1C(c1cc(F)ccc1Cl)NC2=O)c1ccc(F)cc1. The van der Waals surface area contributed by atoms with Crippen LogP contribution in [0.3, 0.4) is 0 Å². The fourth-order valence-electron chi connectivity index (χ4n) is 3.68. The third-order valence-electron chi connectivity index (χ3n) is 5.13. The van der Waals surface area contributed by atoms with E-state index in [2.05, 4.69) is 10.6 Å². The first-order chi connectivity index (χ1) is 14.9. The molecule has 0 fully saturated rings. The minimum Gasteiger partial charge on any atom is -0.341 e. The van der Waals surface area contributed by atoms with Gasteiger partial charge < -0.3 is 10.6 Å². The molecule has 2 N–H and O–H groups in total. The van der Waals surface area contributed by atoms with Crippen molar-refractivity contribution in [1.82, 2.24) is 5.32 Å². The van der Waals surface area contributed by atoms with Crippen LogP contribution in [-0.4, -0.2) is 18.5 Å². The molecule has 1 atom stereocenters. The number of benzene rings is 3. The average Bonchev–Trinajstić information content (AvgIpc) is 3.09. The van der Waals surface area contributed by atoms with Crippen molar-refractivity contribution in [3.63, 3.8) is 0 Å². The highest BCUT2D eigenvalue weighted by atomic mass is 35.5. The van der Waals surface area contributed by atoms with Crippen LogP contribution in [0.15, 0.2) is 60.7 Å². The van der Waals surface area contributed by atoms with Crippen LogP contribution in [0.2, 0.25) is 5.02 Å². The van der Waals surface area contributed by atoms with Crippen molar-refractivity contribution in [2.24, 2.45) is 0 Å². The maximum absolute atomic E-state index is 13.9. The van der Waals surface area contributed by atoms with Crippen LogP contribution < -0.4 is 15.5 Å². The van der Waals surface area contributed by atoms with Crippen LogP contribution in [0.1, 0.15) is 34.5 Å². The lowest BCUT2D eigenvalue weighted by atomic mass is 9.96. The summed E-state index contributed by atoms with van der Waals surface area (Å²) in [6.45, 7) is 2.13. The zero-order valence-corrected chi connectivity index (χ0v) is 17.2. The summed E-state index contributed by atoms with van der Waals surface area (Å²) in [7, 11) is 0. The Morgan fingerprint density at radius 3 is 2.52 bits per heavy atom. The maximum Gasteiger partial charge on any atom is 0.326 e. The van der Waals surface area contributed by atoms with Crippen LogP contribution in [-0.2, 0) is 0 Å². The standard InChI is InChI=1S/C23H18ClF2N3O2/c1-2-29(15-9-6-13(25)7-10-15)23(31)27-19-5-3-4-16-20(19)21(28-22(16)30)17-12-14(26)8-11-18(17)24/h3-12,21H,2H2,1H3,(H,27,31)(H,28,30). The molecular formula is C23H18ClF2N3O2. The summed E-state index contributed by atoms with van der Waals surface area (Å²) >= 11 is 6.27. The van der Waals surface area contributed by atoms with Crippen molar-refractivity contribution >= 4 is 34.9 Å². The molecule has 0 aliphatic carbocycles. The van der Waals surface area contributed by atoms with Gasteiger partial charge in [-0.05, 0) is 61.5 Å². The largest absolute Gasteiger partial charge is 0.341 e. The van der Waals surface area contributed by atoms with Gasteiger partial charge in [0.2, 0.25) is 0 Å². The van der Waals surface area contributed by atoms with E-state index in [9.17, 15) is 18.4 Å². The van der Waals surface area contributed by atoms with Gasteiger partial charge in [-0.25, -0.2) is 13.6 Å². The van der Waals surface area contributed by atoms with E-state index < -0.39 is 23.7 Å². The molecule has 1 heterocycles. The van der Waals surface area contributed by atoms with Crippen molar-refractivity contribution in [1.29, 1.82) is 0 Å². The van der Waals surface area contributed by atoms with Gasteiger partial charge in [-0.15, -0.1) is 0 Å². The first kappa shape index (κ1) is 20.8. The number of hydrogen-bond donors (Lipinski definition) is 2. The molecule has 0 bridgehead atoms. The molecule has 5 nitrogen and oxygen atoms in total. The van der Waals surface area contributed by atoms with Gasteiger partial charge in [-0.1, -0.05) is 17.7 Å². The fraction of sp³-hybridized carbons (Fsp3) is 0.130. The first-order valence-corrected chi connectivity index (χ1v) is 9.99. The van der Waals surface area contributed by atoms with E-state index in [1.807, 2.05) is 0 Å². The minimum atomic E-state index is -0.719. The zero-order valence-electron chi connectivity index (χ0n) is 16.5. The predicted octanol–water partition coefficient (Wildman–Crippen LogP) is 5.51. The number of fused-ring (bicyclic) bond motifs is 1.